The molecule has 0 aliphatic carbocycles. The molecule has 0 aliphatic rings. The monoisotopic (exact) mass is 283 g/mol. The van der Waals surface area contributed by atoms with Crippen LogP contribution in [-0.4, -0.2) is 4.32 Å². The maximum Gasteiger partial charge on any atom is 1.00 e. The number of anilines is 1. The molecule has 2 rings (SSSR count). The van der Waals surface area contributed by atoms with Gasteiger partial charge in [-0.1, -0.05) is 52.9 Å². The van der Waals surface area contributed by atoms with E-state index in [2.05, 4.69) is 17.4 Å². The second kappa shape index (κ2) is 7.58. The molecular weight excluding hydrogens is 273 g/mol. The van der Waals surface area contributed by atoms with Gasteiger partial charge in [-0.05, 0) is 11.6 Å². The van der Waals surface area contributed by atoms with Crippen molar-refractivity contribution in [3.8, 4) is 11.1 Å². The normalized spacial score (nSPS) is 9.18. The van der Waals surface area contributed by atoms with Crippen molar-refractivity contribution in [1.29, 1.82) is 0 Å². The van der Waals surface area contributed by atoms with Gasteiger partial charge in [0.2, 0.25) is 0 Å². The quantitative estimate of drug-likeness (QED) is 0.492. The van der Waals surface area contributed by atoms with Crippen LogP contribution in [0.2, 0.25) is 0 Å². The Balaban J connectivity index is 0.00000144. The zero-order chi connectivity index (χ0) is 11.4. The maximum atomic E-state index is 4.89. The fourth-order valence-corrected chi connectivity index (χ4v) is 1.79. The minimum Gasteiger partial charge on any atom is -0.411 e. The first-order valence-electron chi connectivity index (χ1n) is 4.90. The van der Waals surface area contributed by atoms with Gasteiger partial charge in [0.15, 0.2) is 0 Å². The first kappa shape index (κ1) is 15.2. The summed E-state index contributed by atoms with van der Waals surface area (Å²) in [5.74, 6) is 0. The minimum absolute atomic E-state index is 0. The molecule has 0 bridgehead atoms. The first-order chi connectivity index (χ1) is 7.77. The molecule has 0 radical (unpaired) electrons. The fourth-order valence-electron chi connectivity index (χ4n) is 1.57. The second-order valence-corrected chi connectivity index (χ2v) is 4.40. The van der Waals surface area contributed by atoms with E-state index in [1.807, 2.05) is 42.5 Å². The van der Waals surface area contributed by atoms with E-state index in [1.165, 1.54) is 0 Å². The molecule has 0 saturated carbocycles. The second-order valence-electron chi connectivity index (χ2n) is 3.32. The summed E-state index contributed by atoms with van der Waals surface area (Å²) in [6.07, 6.45) is 0. The van der Waals surface area contributed by atoms with Crippen LogP contribution in [0.4, 0.5) is 5.69 Å². The Morgan fingerprint density at radius 2 is 1.53 bits per heavy atom. The number of nitrogens with one attached hydrogen (secondary N) is 1. The molecular formula is C13H10KNS2. The zero-order valence-corrected chi connectivity index (χ0v) is 14.3. The van der Waals surface area contributed by atoms with E-state index < -0.39 is 0 Å². The van der Waals surface area contributed by atoms with Crippen molar-refractivity contribution < 1.29 is 51.4 Å². The molecule has 0 aliphatic heterocycles. The van der Waals surface area contributed by atoms with Crippen molar-refractivity contribution in [3.05, 3.63) is 54.6 Å². The van der Waals surface area contributed by atoms with Gasteiger partial charge in [0.25, 0.3) is 0 Å². The average molecular weight is 283 g/mol. The summed E-state index contributed by atoms with van der Waals surface area (Å²) in [5, 5.41) is 3.02. The number of para-hydroxylation sites is 1. The molecule has 1 nitrogen and oxygen atoms in total. The summed E-state index contributed by atoms with van der Waals surface area (Å²) in [5.41, 5.74) is 3.21. The molecule has 0 amide bonds. The Morgan fingerprint density at radius 3 is 2.18 bits per heavy atom. The minimum atomic E-state index is 0. The molecule has 17 heavy (non-hydrogen) atoms. The van der Waals surface area contributed by atoms with E-state index in [4.69, 9.17) is 24.8 Å². The van der Waals surface area contributed by atoms with Crippen LogP contribution in [0.5, 0.6) is 0 Å². The third kappa shape index (κ3) is 4.41. The van der Waals surface area contributed by atoms with Crippen LogP contribution in [0, 0.1) is 0 Å². The van der Waals surface area contributed by atoms with E-state index in [1.54, 1.807) is 0 Å². The Labute approximate surface area is 155 Å². The van der Waals surface area contributed by atoms with E-state index in [-0.39, 0.29) is 51.4 Å². The molecule has 1 N–H and O–H groups in total. The van der Waals surface area contributed by atoms with Gasteiger partial charge in [0.05, 0.1) is 0 Å². The Bertz CT molecular complexity index is 500. The molecule has 0 heterocycles. The van der Waals surface area contributed by atoms with Gasteiger partial charge < -0.3 is 30.2 Å². The van der Waals surface area contributed by atoms with Crippen LogP contribution < -0.4 is 56.7 Å². The van der Waals surface area contributed by atoms with Crippen LogP contribution in [0.1, 0.15) is 0 Å². The van der Waals surface area contributed by atoms with Crippen molar-refractivity contribution in [2.45, 2.75) is 0 Å². The average Bonchev–Trinajstić information content (AvgIpc) is 2.30. The molecule has 0 aromatic heterocycles. The number of benzene rings is 2. The maximum absolute atomic E-state index is 4.89. The molecule has 2 aromatic rings. The van der Waals surface area contributed by atoms with Gasteiger partial charge in [-0.15, -0.1) is 0 Å². The third-order valence-electron chi connectivity index (χ3n) is 2.25. The van der Waals surface area contributed by atoms with Gasteiger partial charge in [-0.3, -0.25) is 0 Å². The first-order valence-corrected chi connectivity index (χ1v) is 5.71. The summed E-state index contributed by atoms with van der Waals surface area (Å²) in [4.78, 5) is 0. The Kier molecular flexibility index (Phi) is 6.80. The SMILES string of the molecule is S=C([S-])Nc1ccccc1-c1ccccc1.[K+]. The molecule has 0 fully saturated rings. The summed E-state index contributed by atoms with van der Waals surface area (Å²) in [6, 6.07) is 18.1. The topological polar surface area (TPSA) is 12.0 Å². The summed E-state index contributed by atoms with van der Waals surface area (Å²) in [6.45, 7) is 0. The van der Waals surface area contributed by atoms with Gasteiger partial charge in [0, 0.05) is 11.3 Å². The van der Waals surface area contributed by atoms with Crippen LogP contribution >= 0.6 is 12.2 Å². The van der Waals surface area contributed by atoms with Gasteiger partial charge >= 0.3 is 51.4 Å². The molecule has 2 aromatic carbocycles. The summed E-state index contributed by atoms with van der Waals surface area (Å²) >= 11 is 9.78. The van der Waals surface area contributed by atoms with Crippen molar-refractivity contribution in [3.63, 3.8) is 0 Å². The van der Waals surface area contributed by atoms with Crippen molar-refractivity contribution in [1.82, 2.24) is 0 Å². The van der Waals surface area contributed by atoms with Crippen LogP contribution in [0.3, 0.4) is 0 Å². The number of thiocarbonyl (C=S) groups is 1. The third-order valence-corrected chi connectivity index (χ3v) is 2.45. The van der Waals surface area contributed by atoms with E-state index in [0.717, 1.165) is 16.8 Å². The molecule has 0 atom stereocenters. The van der Waals surface area contributed by atoms with E-state index in [0.29, 0.717) is 4.32 Å². The summed E-state index contributed by atoms with van der Waals surface area (Å²) in [7, 11) is 0. The van der Waals surface area contributed by atoms with Crippen LogP contribution in [-0.2, 0) is 12.6 Å². The van der Waals surface area contributed by atoms with Crippen molar-refractivity contribution in [2.24, 2.45) is 0 Å². The van der Waals surface area contributed by atoms with Crippen molar-refractivity contribution in [2.75, 3.05) is 5.32 Å². The molecule has 80 valence electrons. The van der Waals surface area contributed by atoms with Crippen LogP contribution in [0.25, 0.3) is 11.1 Å². The predicted molar refractivity (Wildman–Crippen MR) is 75.5 cm³/mol. The van der Waals surface area contributed by atoms with Crippen molar-refractivity contribution >= 4 is 34.9 Å². The molecule has 0 saturated heterocycles. The van der Waals surface area contributed by atoms with Crippen LogP contribution in [0.15, 0.2) is 54.6 Å². The number of rotatable bonds is 2. The predicted octanol–water partition coefficient (Wildman–Crippen LogP) is 0.601. The van der Waals surface area contributed by atoms with Gasteiger partial charge in [-0.25, -0.2) is 0 Å². The molecule has 0 spiro atoms. The Hall–Kier alpha value is 0.186. The van der Waals surface area contributed by atoms with E-state index >= 15 is 0 Å². The number of hydrogen-bond acceptors (Lipinski definition) is 2. The summed E-state index contributed by atoms with van der Waals surface area (Å²) < 4.78 is 0.364. The smallest absolute Gasteiger partial charge is 0.411 e. The number of hydrogen-bond donors (Lipinski definition) is 1. The van der Waals surface area contributed by atoms with E-state index in [9.17, 15) is 0 Å². The molecule has 4 heteroatoms. The largest absolute Gasteiger partial charge is 1.00 e. The van der Waals surface area contributed by atoms with Gasteiger partial charge in [0.1, 0.15) is 0 Å². The Morgan fingerprint density at radius 1 is 0.941 bits per heavy atom. The fraction of sp³-hybridized carbons (Fsp3) is 0. The zero-order valence-electron chi connectivity index (χ0n) is 9.51. The molecule has 0 unspecified atom stereocenters. The standard InChI is InChI=1S/C13H11NS2.K/c15-13(16)14-12-9-5-4-8-11(12)10-6-2-1-3-7-10;/h1-9H,(H2,14,15,16);/q;+1/p-1. The van der Waals surface area contributed by atoms with Gasteiger partial charge in [-0.2, -0.15) is 0 Å².